The predicted octanol–water partition coefficient (Wildman–Crippen LogP) is -0.283. The van der Waals surface area contributed by atoms with Crippen molar-refractivity contribution in [2.45, 2.75) is 55.3 Å². The number of amides is 2. The first-order valence-corrected chi connectivity index (χ1v) is 12.6. The van der Waals surface area contributed by atoms with E-state index < -0.39 is 61.1 Å². The van der Waals surface area contributed by atoms with Crippen molar-refractivity contribution in [3.63, 3.8) is 0 Å². The lowest BCUT2D eigenvalue weighted by Gasteiger charge is -2.40. The number of ether oxygens (including phenoxy) is 2. The van der Waals surface area contributed by atoms with E-state index in [2.05, 4.69) is 10.6 Å². The highest BCUT2D eigenvalue weighted by atomic mass is 16.6. The van der Waals surface area contributed by atoms with Crippen molar-refractivity contribution in [2.75, 3.05) is 19.8 Å². The first kappa shape index (κ1) is 28.5. The number of carboxylic acid groups (broad SMARTS) is 1. The lowest BCUT2D eigenvalue weighted by molar-refractivity contribution is -0.227. The third-order valence-electron chi connectivity index (χ3n) is 7.09. The Morgan fingerprint density at radius 1 is 0.897 bits per heavy atom. The third-order valence-corrected chi connectivity index (χ3v) is 7.09. The Balaban J connectivity index is 1.26. The van der Waals surface area contributed by atoms with Gasteiger partial charge in [-0.25, -0.2) is 9.59 Å². The number of benzene rings is 2. The number of rotatable bonds is 10. The molecule has 1 saturated heterocycles. The number of carbonyl (C=O) groups is 3. The molecule has 2 aromatic carbocycles. The molecule has 0 spiro atoms. The molecule has 210 valence electrons. The lowest BCUT2D eigenvalue weighted by Crippen LogP contribution is -2.60. The Labute approximate surface area is 224 Å². The van der Waals surface area contributed by atoms with Crippen LogP contribution in [-0.2, 0) is 19.1 Å². The van der Waals surface area contributed by atoms with Crippen LogP contribution in [0.2, 0.25) is 0 Å². The van der Waals surface area contributed by atoms with E-state index >= 15 is 0 Å². The van der Waals surface area contributed by atoms with Crippen molar-refractivity contribution in [1.82, 2.24) is 10.6 Å². The Morgan fingerprint density at radius 2 is 1.49 bits per heavy atom. The largest absolute Gasteiger partial charge is 0.480 e. The summed E-state index contributed by atoms with van der Waals surface area (Å²) in [5.74, 6) is -2.13. The van der Waals surface area contributed by atoms with Gasteiger partial charge in [0.1, 0.15) is 43.2 Å². The Hall–Kier alpha value is -3.55. The topological polar surface area (TPSA) is 195 Å². The molecule has 39 heavy (non-hydrogen) atoms. The van der Waals surface area contributed by atoms with Gasteiger partial charge < -0.3 is 45.6 Å². The minimum Gasteiger partial charge on any atom is -0.480 e. The van der Waals surface area contributed by atoms with Gasteiger partial charge in [0.15, 0.2) is 0 Å². The number of nitrogens with one attached hydrogen (secondary N) is 2. The summed E-state index contributed by atoms with van der Waals surface area (Å²) in [5.41, 5.74) is 4.13. The van der Waals surface area contributed by atoms with Gasteiger partial charge in [-0.3, -0.25) is 4.79 Å². The van der Waals surface area contributed by atoms with Crippen molar-refractivity contribution in [2.24, 2.45) is 0 Å². The summed E-state index contributed by atoms with van der Waals surface area (Å²) in [6, 6.07) is 14.2. The van der Waals surface area contributed by atoms with Crippen LogP contribution in [0.1, 0.15) is 29.9 Å². The monoisotopic (exact) mass is 544 g/mol. The van der Waals surface area contributed by atoms with Crippen LogP contribution in [0.3, 0.4) is 0 Å². The predicted molar refractivity (Wildman–Crippen MR) is 136 cm³/mol. The Bertz CT molecular complexity index is 1140. The fraction of sp³-hybridized carbons (Fsp3) is 0.444. The summed E-state index contributed by atoms with van der Waals surface area (Å²) in [5, 5.41) is 53.2. The molecule has 0 saturated carbocycles. The van der Waals surface area contributed by atoms with E-state index in [0.717, 1.165) is 22.3 Å². The zero-order valence-electron chi connectivity index (χ0n) is 21.0. The van der Waals surface area contributed by atoms with Crippen LogP contribution < -0.4 is 10.6 Å². The first-order valence-electron chi connectivity index (χ1n) is 12.6. The molecule has 4 rings (SSSR count). The minimum absolute atomic E-state index is 0.00574. The summed E-state index contributed by atoms with van der Waals surface area (Å²) >= 11 is 0. The minimum atomic E-state index is -1.57. The number of aliphatic hydroxyl groups excluding tert-OH is 4. The van der Waals surface area contributed by atoms with Gasteiger partial charge in [0, 0.05) is 18.9 Å². The van der Waals surface area contributed by atoms with E-state index in [4.69, 9.17) is 9.47 Å². The maximum atomic E-state index is 12.5. The van der Waals surface area contributed by atoms with E-state index in [0.29, 0.717) is 0 Å². The summed E-state index contributed by atoms with van der Waals surface area (Å²) in [7, 11) is 0. The third kappa shape index (κ3) is 6.37. The van der Waals surface area contributed by atoms with E-state index in [1.165, 1.54) is 0 Å². The van der Waals surface area contributed by atoms with Gasteiger partial charge in [0.05, 0.1) is 6.61 Å². The van der Waals surface area contributed by atoms with Gasteiger partial charge >= 0.3 is 12.1 Å². The quantitative estimate of drug-likeness (QED) is 0.209. The molecule has 1 aliphatic heterocycles. The zero-order valence-corrected chi connectivity index (χ0v) is 21.0. The number of carbonyl (C=O) groups excluding carboxylic acids is 2. The Kier molecular flexibility index (Phi) is 9.15. The van der Waals surface area contributed by atoms with Crippen molar-refractivity contribution in [3.8, 4) is 11.1 Å². The molecule has 2 amide bonds. The summed E-state index contributed by atoms with van der Waals surface area (Å²) in [6.07, 6.45) is -8.25. The molecule has 2 aliphatic rings. The lowest BCUT2D eigenvalue weighted by atomic mass is 9.95. The van der Waals surface area contributed by atoms with Gasteiger partial charge in [0.25, 0.3) is 0 Å². The maximum absolute atomic E-state index is 12.5. The second kappa shape index (κ2) is 12.5. The average Bonchev–Trinajstić information content (AvgIpc) is 3.26. The highest BCUT2D eigenvalue weighted by Crippen LogP contribution is 2.44. The second-order valence-corrected chi connectivity index (χ2v) is 9.57. The van der Waals surface area contributed by atoms with Crippen molar-refractivity contribution >= 4 is 18.0 Å². The molecule has 12 heteroatoms. The van der Waals surface area contributed by atoms with E-state index in [1.54, 1.807) is 0 Å². The molecular weight excluding hydrogens is 512 g/mol. The first-order chi connectivity index (χ1) is 18.7. The smallest absolute Gasteiger partial charge is 0.407 e. The number of hydrogen-bond acceptors (Lipinski definition) is 9. The standard InChI is InChI=1S/C27H32N2O10/c30-12-21-24(33)25(34)23(32)20(39-21)11-28-22(31)10-9-19(26(35)36)29-27(37)38-13-18-16-7-3-1-5-14(16)15-6-2-4-8-17(15)18/h1-8,18-21,23-25,30,32-34H,9-13H2,(H,28,31)(H,29,37)(H,35,36)/t19-,20-,21+,23-,24+,25+/m0/s1. The molecule has 12 nitrogen and oxygen atoms in total. The molecule has 0 bridgehead atoms. The summed E-state index contributed by atoms with van der Waals surface area (Å²) in [4.78, 5) is 36.4. The van der Waals surface area contributed by atoms with Crippen molar-refractivity contribution in [1.29, 1.82) is 0 Å². The molecular formula is C27H32N2O10. The van der Waals surface area contributed by atoms with Crippen LogP contribution in [0, 0.1) is 0 Å². The molecule has 7 N–H and O–H groups in total. The van der Waals surface area contributed by atoms with Crippen LogP contribution in [0.25, 0.3) is 11.1 Å². The second-order valence-electron chi connectivity index (χ2n) is 9.57. The van der Waals surface area contributed by atoms with Crippen LogP contribution in [0.4, 0.5) is 4.79 Å². The molecule has 2 aromatic rings. The molecule has 1 aliphatic carbocycles. The number of aliphatic hydroxyl groups is 4. The average molecular weight is 545 g/mol. The van der Waals surface area contributed by atoms with Crippen molar-refractivity contribution in [3.05, 3.63) is 59.7 Å². The van der Waals surface area contributed by atoms with Crippen LogP contribution >= 0.6 is 0 Å². The van der Waals surface area contributed by atoms with Crippen LogP contribution in [-0.4, -0.2) is 99.8 Å². The normalized spacial score (nSPS) is 24.8. The SMILES string of the molecule is O=C(CC[C@H](NC(=O)OCC1c2ccccc2-c2ccccc21)C(=O)O)NC[C@@H]1O[C@H](CO)[C@@H](O)[C@H](O)[C@H]1O. The number of carboxylic acids is 1. The van der Waals surface area contributed by atoms with Crippen LogP contribution in [0.15, 0.2) is 48.5 Å². The van der Waals surface area contributed by atoms with Gasteiger partial charge in [-0.2, -0.15) is 0 Å². The molecule has 0 radical (unpaired) electrons. The molecule has 0 aromatic heterocycles. The van der Waals surface area contributed by atoms with Crippen molar-refractivity contribution < 1.29 is 49.4 Å². The number of fused-ring (bicyclic) bond motifs is 3. The fourth-order valence-electron chi connectivity index (χ4n) is 4.97. The van der Waals surface area contributed by atoms with E-state index in [-0.39, 0.29) is 31.9 Å². The van der Waals surface area contributed by atoms with E-state index in [9.17, 15) is 39.9 Å². The number of hydrogen-bond donors (Lipinski definition) is 7. The summed E-state index contributed by atoms with van der Waals surface area (Å²) in [6.45, 7) is -0.846. The molecule has 1 fully saturated rings. The maximum Gasteiger partial charge on any atom is 0.407 e. The number of alkyl carbamates (subject to hydrolysis) is 1. The van der Waals surface area contributed by atoms with Gasteiger partial charge in [-0.05, 0) is 28.7 Å². The Morgan fingerprint density at radius 3 is 2.08 bits per heavy atom. The van der Waals surface area contributed by atoms with Crippen LogP contribution in [0.5, 0.6) is 0 Å². The molecule has 0 unspecified atom stereocenters. The molecule has 1 heterocycles. The summed E-state index contributed by atoms with van der Waals surface area (Å²) < 4.78 is 10.7. The van der Waals surface area contributed by atoms with Gasteiger partial charge in [-0.15, -0.1) is 0 Å². The van der Waals surface area contributed by atoms with Gasteiger partial charge in [-0.1, -0.05) is 48.5 Å². The fourth-order valence-corrected chi connectivity index (χ4v) is 4.97. The van der Waals surface area contributed by atoms with E-state index in [1.807, 2.05) is 48.5 Å². The molecule has 6 atom stereocenters. The zero-order chi connectivity index (χ0) is 28.1. The highest BCUT2D eigenvalue weighted by molar-refractivity contribution is 5.82. The highest BCUT2D eigenvalue weighted by Gasteiger charge is 2.43. The number of aliphatic carboxylic acids is 1. The van der Waals surface area contributed by atoms with Gasteiger partial charge in [0.2, 0.25) is 5.91 Å².